The van der Waals surface area contributed by atoms with E-state index in [-0.39, 0.29) is 36.8 Å². The number of carbonyl (C=O) groups excluding carboxylic acids is 1. The predicted molar refractivity (Wildman–Crippen MR) is 92.2 cm³/mol. The number of carbonyl (C=O) groups is 1. The van der Waals surface area contributed by atoms with E-state index in [9.17, 15) is 4.79 Å². The van der Waals surface area contributed by atoms with Crippen LogP contribution in [0.3, 0.4) is 0 Å². The highest BCUT2D eigenvalue weighted by Crippen LogP contribution is 2.26. The van der Waals surface area contributed by atoms with Crippen molar-refractivity contribution in [1.82, 2.24) is 25.0 Å². The fraction of sp³-hybridized carbons (Fsp3) is 0.462. The summed E-state index contributed by atoms with van der Waals surface area (Å²) in [5.74, 6) is 0.0756. The van der Waals surface area contributed by atoms with E-state index < -0.39 is 0 Å². The van der Waals surface area contributed by atoms with Gasteiger partial charge in [-0.2, -0.15) is 5.10 Å². The van der Waals surface area contributed by atoms with Crippen molar-refractivity contribution in [2.75, 3.05) is 19.6 Å². The second-order valence-electron chi connectivity index (χ2n) is 4.98. The first kappa shape index (κ1) is 18.9. The molecular formula is C13H19Cl2N5OS. The van der Waals surface area contributed by atoms with E-state index in [2.05, 4.69) is 22.3 Å². The third kappa shape index (κ3) is 3.78. The van der Waals surface area contributed by atoms with Crippen LogP contribution < -0.4 is 5.32 Å². The van der Waals surface area contributed by atoms with Gasteiger partial charge in [-0.1, -0.05) is 0 Å². The number of amides is 1. The Kier molecular flexibility index (Phi) is 6.80. The van der Waals surface area contributed by atoms with Gasteiger partial charge in [-0.05, 0) is 6.92 Å². The molecule has 6 nitrogen and oxygen atoms in total. The lowest BCUT2D eigenvalue weighted by Crippen LogP contribution is -2.52. The molecule has 0 aromatic carbocycles. The average molecular weight is 364 g/mol. The highest BCUT2D eigenvalue weighted by molar-refractivity contribution is 7.16. The van der Waals surface area contributed by atoms with Crippen molar-refractivity contribution >= 4 is 42.1 Å². The zero-order chi connectivity index (χ0) is 14.1. The normalized spacial score (nSPS) is 17.5. The van der Waals surface area contributed by atoms with Crippen LogP contribution in [0.2, 0.25) is 0 Å². The number of hydrogen-bond donors (Lipinski definition) is 1. The van der Waals surface area contributed by atoms with Crippen LogP contribution in [-0.2, 0) is 7.05 Å². The number of piperazine rings is 1. The number of nitrogens with zero attached hydrogens (tertiary/aromatic N) is 4. The average Bonchev–Trinajstić information content (AvgIpc) is 3.07. The molecule has 1 aliphatic heterocycles. The van der Waals surface area contributed by atoms with Gasteiger partial charge in [-0.3, -0.25) is 9.48 Å². The fourth-order valence-electron chi connectivity index (χ4n) is 2.32. The zero-order valence-corrected chi connectivity index (χ0v) is 14.8. The lowest BCUT2D eigenvalue weighted by molar-refractivity contribution is 0.0660. The summed E-state index contributed by atoms with van der Waals surface area (Å²) in [7, 11) is 1.87. The maximum absolute atomic E-state index is 12.5. The van der Waals surface area contributed by atoms with Crippen LogP contribution in [-0.4, -0.2) is 51.2 Å². The summed E-state index contributed by atoms with van der Waals surface area (Å²) in [6, 6.07) is 0.222. The molecule has 0 spiro atoms. The lowest BCUT2D eigenvalue weighted by atomic mass is 10.2. The maximum atomic E-state index is 12.5. The monoisotopic (exact) mass is 363 g/mol. The largest absolute Gasteiger partial charge is 0.333 e. The highest BCUT2D eigenvalue weighted by atomic mass is 35.5. The second kappa shape index (κ2) is 7.92. The molecule has 1 aliphatic rings. The molecule has 3 rings (SSSR count). The molecule has 1 N–H and O–H groups in total. The van der Waals surface area contributed by atoms with E-state index in [0.29, 0.717) is 4.88 Å². The molecule has 1 atom stereocenters. The van der Waals surface area contributed by atoms with Gasteiger partial charge in [0.15, 0.2) is 0 Å². The summed E-state index contributed by atoms with van der Waals surface area (Å²) in [5, 5.41) is 8.25. The summed E-state index contributed by atoms with van der Waals surface area (Å²) >= 11 is 1.43. The van der Waals surface area contributed by atoms with Gasteiger partial charge in [0.1, 0.15) is 9.88 Å². The van der Waals surface area contributed by atoms with Crippen molar-refractivity contribution < 1.29 is 4.79 Å². The standard InChI is InChI=1S/C13H17N5OS.2ClH/c1-9-5-14-3-4-18(9)13(19)11-7-15-12(20-11)10-6-16-17(2)8-10;;/h6-9,14H,3-5H2,1-2H3;2*1H/t9-;;/m0../s1. The molecule has 0 radical (unpaired) electrons. The molecule has 2 aromatic rings. The van der Waals surface area contributed by atoms with Gasteiger partial charge in [0.05, 0.1) is 12.4 Å². The van der Waals surface area contributed by atoms with Crippen LogP contribution in [0, 0.1) is 0 Å². The summed E-state index contributed by atoms with van der Waals surface area (Å²) in [4.78, 5) is 19.5. The molecule has 0 aliphatic carbocycles. The highest BCUT2D eigenvalue weighted by Gasteiger charge is 2.25. The second-order valence-corrected chi connectivity index (χ2v) is 6.01. The van der Waals surface area contributed by atoms with Crippen molar-refractivity contribution in [3.05, 3.63) is 23.5 Å². The summed E-state index contributed by atoms with van der Waals surface area (Å²) in [5.41, 5.74) is 0.949. The Labute approximate surface area is 145 Å². The zero-order valence-electron chi connectivity index (χ0n) is 12.4. The first-order valence-corrected chi connectivity index (χ1v) is 7.43. The minimum absolute atomic E-state index is 0. The Balaban J connectivity index is 0.00000121. The Hall–Kier alpha value is -1.15. The van der Waals surface area contributed by atoms with Gasteiger partial charge >= 0.3 is 0 Å². The smallest absolute Gasteiger partial charge is 0.265 e. The van der Waals surface area contributed by atoms with Crippen molar-refractivity contribution in [2.24, 2.45) is 7.05 Å². The molecule has 1 saturated heterocycles. The van der Waals surface area contributed by atoms with E-state index in [1.165, 1.54) is 11.3 Å². The van der Waals surface area contributed by atoms with Crippen LogP contribution in [0.15, 0.2) is 18.6 Å². The maximum Gasteiger partial charge on any atom is 0.265 e. The summed E-state index contributed by atoms with van der Waals surface area (Å²) < 4.78 is 1.73. The third-order valence-corrected chi connectivity index (χ3v) is 4.46. The van der Waals surface area contributed by atoms with Crippen LogP contribution in [0.25, 0.3) is 10.6 Å². The molecule has 1 fully saturated rings. The molecule has 3 heterocycles. The molecule has 1 amide bonds. The third-order valence-electron chi connectivity index (χ3n) is 3.43. The van der Waals surface area contributed by atoms with E-state index in [1.54, 1.807) is 17.1 Å². The first-order valence-electron chi connectivity index (χ1n) is 6.61. The van der Waals surface area contributed by atoms with Gasteiger partial charge in [-0.25, -0.2) is 4.98 Å². The summed E-state index contributed by atoms with van der Waals surface area (Å²) in [6.07, 6.45) is 5.34. The number of aryl methyl sites for hydroxylation is 1. The number of nitrogens with one attached hydrogen (secondary N) is 1. The summed E-state index contributed by atoms with van der Waals surface area (Å²) in [6.45, 7) is 4.51. The van der Waals surface area contributed by atoms with Crippen LogP contribution in [0.1, 0.15) is 16.6 Å². The first-order chi connectivity index (χ1) is 9.65. The topological polar surface area (TPSA) is 63.1 Å². The van der Waals surface area contributed by atoms with E-state index >= 15 is 0 Å². The van der Waals surface area contributed by atoms with Gasteiger partial charge in [0.2, 0.25) is 0 Å². The van der Waals surface area contributed by atoms with Crippen LogP contribution >= 0.6 is 36.2 Å². The molecule has 0 unspecified atom stereocenters. The SMILES string of the molecule is C[C@H]1CNCCN1C(=O)c1cnc(-c2cnn(C)c2)s1.Cl.Cl. The van der Waals surface area contributed by atoms with Gasteiger partial charge in [0.25, 0.3) is 5.91 Å². The molecule has 0 saturated carbocycles. The van der Waals surface area contributed by atoms with Crippen molar-refractivity contribution in [3.8, 4) is 10.6 Å². The van der Waals surface area contributed by atoms with Crippen molar-refractivity contribution in [1.29, 1.82) is 0 Å². The van der Waals surface area contributed by atoms with E-state index in [4.69, 9.17) is 0 Å². The Morgan fingerprint density at radius 2 is 2.18 bits per heavy atom. The number of thiazole rings is 1. The fourth-order valence-corrected chi connectivity index (χ4v) is 3.17. The number of halogens is 2. The van der Waals surface area contributed by atoms with Gasteiger partial charge < -0.3 is 10.2 Å². The van der Waals surface area contributed by atoms with E-state index in [0.717, 1.165) is 30.2 Å². The van der Waals surface area contributed by atoms with Crippen LogP contribution in [0.5, 0.6) is 0 Å². The van der Waals surface area contributed by atoms with Gasteiger partial charge in [0, 0.05) is 44.5 Å². The Morgan fingerprint density at radius 3 is 2.82 bits per heavy atom. The van der Waals surface area contributed by atoms with E-state index in [1.807, 2.05) is 18.1 Å². The molecule has 0 bridgehead atoms. The number of hydrogen-bond acceptors (Lipinski definition) is 5. The number of rotatable bonds is 2. The van der Waals surface area contributed by atoms with Crippen molar-refractivity contribution in [3.63, 3.8) is 0 Å². The molecule has 22 heavy (non-hydrogen) atoms. The Morgan fingerprint density at radius 1 is 1.41 bits per heavy atom. The molecule has 2 aromatic heterocycles. The van der Waals surface area contributed by atoms with Crippen LogP contribution in [0.4, 0.5) is 0 Å². The minimum atomic E-state index is 0. The predicted octanol–water partition coefficient (Wildman–Crippen LogP) is 1.82. The Bertz CT molecular complexity index is 629. The molecular weight excluding hydrogens is 345 g/mol. The lowest BCUT2D eigenvalue weighted by Gasteiger charge is -2.33. The molecule has 9 heteroatoms. The quantitative estimate of drug-likeness (QED) is 0.883. The van der Waals surface area contributed by atoms with Gasteiger partial charge in [-0.15, -0.1) is 36.2 Å². The number of aromatic nitrogens is 3. The minimum Gasteiger partial charge on any atom is -0.333 e. The molecule has 122 valence electrons. The van der Waals surface area contributed by atoms with Crippen molar-refractivity contribution in [2.45, 2.75) is 13.0 Å².